The van der Waals surface area contributed by atoms with Gasteiger partial charge in [0.15, 0.2) is 18.7 Å². The van der Waals surface area contributed by atoms with E-state index in [1.54, 1.807) is 0 Å². The van der Waals surface area contributed by atoms with E-state index in [-0.39, 0.29) is 102 Å². The van der Waals surface area contributed by atoms with Crippen molar-refractivity contribution in [2.45, 2.75) is 178 Å². The second kappa shape index (κ2) is 29.7. The molecule has 3 amide bonds. The third-order valence-corrected chi connectivity index (χ3v) is 13.6. The van der Waals surface area contributed by atoms with Gasteiger partial charge in [0.25, 0.3) is 0 Å². The maximum absolute atomic E-state index is 13.9. The zero-order valence-corrected chi connectivity index (χ0v) is 41.0. The molecule has 0 spiro atoms. The maximum Gasteiger partial charge on any atom is 0.332 e. The number of hydrogen-bond donors (Lipinski definition) is 9. The zero-order valence-electron chi connectivity index (χ0n) is 41.0. The van der Waals surface area contributed by atoms with Crippen molar-refractivity contribution in [3.63, 3.8) is 0 Å². The summed E-state index contributed by atoms with van der Waals surface area (Å²) in [4.78, 5) is 63.8. The monoisotopic (exact) mass is 1010 g/mol. The van der Waals surface area contributed by atoms with Crippen molar-refractivity contribution in [1.82, 2.24) is 16.0 Å². The summed E-state index contributed by atoms with van der Waals surface area (Å²) in [6.07, 6.45) is -11.0. The van der Waals surface area contributed by atoms with Crippen LogP contribution in [0.4, 0.5) is 0 Å². The van der Waals surface area contributed by atoms with Gasteiger partial charge in [0.1, 0.15) is 49.3 Å². The Bertz CT molecular complexity index is 1790. The summed E-state index contributed by atoms with van der Waals surface area (Å²) in [6, 6.07) is 7.99. The molecule has 8 unspecified atom stereocenters. The van der Waals surface area contributed by atoms with Crippen molar-refractivity contribution in [2.24, 2.45) is 17.8 Å². The molecule has 2 aliphatic heterocycles. The molecule has 22 nitrogen and oxygen atoms in total. The molecule has 15 atom stereocenters. The number of nitrogens with one attached hydrogen (secondary N) is 3. The van der Waals surface area contributed by atoms with E-state index >= 15 is 0 Å². The maximum atomic E-state index is 13.9. The first-order chi connectivity index (χ1) is 34.1. The van der Waals surface area contributed by atoms with Crippen molar-refractivity contribution < 1.29 is 92.5 Å². The number of rotatable bonds is 27. The van der Waals surface area contributed by atoms with Crippen LogP contribution in [-0.2, 0) is 68.5 Å². The molecular formula is C49H77N3O19. The lowest BCUT2D eigenvalue weighted by Crippen LogP contribution is -2.67. The highest BCUT2D eigenvalue weighted by atomic mass is 16.7. The molecule has 4 fully saturated rings. The van der Waals surface area contributed by atoms with Gasteiger partial charge in [0.2, 0.25) is 17.7 Å². The molecule has 4 aliphatic rings. The van der Waals surface area contributed by atoms with Gasteiger partial charge in [-0.2, -0.15) is 0 Å². The summed E-state index contributed by atoms with van der Waals surface area (Å²) in [5.41, 5.74) is 0.889. The number of benzene rings is 1. The minimum absolute atomic E-state index is 0.0355. The first-order valence-electron chi connectivity index (χ1n) is 25.1. The summed E-state index contributed by atoms with van der Waals surface area (Å²) in [6.45, 7) is 4.91. The number of hydrogen-bond acceptors (Lipinski definition) is 18. The third kappa shape index (κ3) is 17.9. The molecule has 1 aromatic rings. The van der Waals surface area contributed by atoms with E-state index in [0.717, 1.165) is 37.7 Å². The van der Waals surface area contributed by atoms with Gasteiger partial charge < -0.3 is 84.5 Å². The number of carbonyl (C=O) groups excluding carboxylic acids is 4. The number of esters is 1. The van der Waals surface area contributed by atoms with Crippen LogP contribution in [0.2, 0.25) is 0 Å². The Balaban J connectivity index is 1.18. The molecule has 22 heteroatoms. The topological polar surface area (TPSA) is 317 Å². The Labute approximate surface area is 414 Å². The van der Waals surface area contributed by atoms with E-state index in [1.165, 1.54) is 13.8 Å². The van der Waals surface area contributed by atoms with E-state index in [2.05, 4.69) is 16.0 Å². The van der Waals surface area contributed by atoms with Crippen LogP contribution in [0.3, 0.4) is 0 Å². The van der Waals surface area contributed by atoms with Gasteiger partial charge >= 0.3 is 11.9 Å². The summed E-state index contributed by atoms with van der Waals surface area (Å²) in [7, 11) is 0. The molecule has 402 valence electrons. The van der Waals surface area contributed by atoms with Crippen LogP contribution in [0, 0.1) is 17.8 Å². The standard InChI is InChI=1S/C49H77N3O19/c1-4-32-24-33(46(61)51-18-17-50-37(55)15-19-64-21-22-65-20-16-38(56)66-27-31-13-9-6-10-14-31)25-34(44(32)71-49-43(60)42(59)40(57)28(2)67-49)69-48-39(52-29(3)54)45(41(58)36(26-53)70-48)68-35(47(62)63)23-30-11-7-5-8-12-30/h6,9-10,13-14,28,30,32-36,39-45,48-49,53,57-60H,4-5,7-8,11-12,15-27H2,1-3H3,(H,50,55)(H,51,61)(H,52,54)(H,62,63)/t28?,32-,33?,34-,35+,36?,39?,40-,41+,42?,43?,44?,45?,48-,49+/m1/s1. The predicted octanol–water partition coefficient (Wildman–Crippen LogP) is 0.201. The minimum Gasteiger partial charge on any atom is -0.479 e. The number of aliphatic carboxylic acids is 1. The van der Waals surface area contributed by atoms with Crippen molar-refractivity contribution in [3.8, 4) is 0 Å². The summed E-state index contributed by atoms with van der Waals surface area (Å²) < 4.78 is 47.3. The average molecular weight is 1010 g/mol. The smallest absolute Gasteiger partial charge is 0.332 e. The van der Waals surface area contributed by atoms with E-state index in [4.69, 9.17) is 37.9 Å². The van der Waals surface area contributed by atoms with Crippen molar-refractivity contribution >= 4 is 29.7 Å². The number of ether oxygens (including phenoxy) is 8. The van der Waals surface area contributed by atoms with Crippen molar-refractivity contribution in [3.05, 3.63) is 35.9 Å². The zero-order chi connectivity index (χ0) is 51.5. The van der Waals surface area contributed by atoms with E-state index < -0.39 is 110 Å². The van der Waals surface area contributed by atoms with Crippen LogP contribution >= 0.6 is 0 Å². The molecule has 5 rings (SSSR count). The highest BCUT2D eigenvalue weighted by Crippen LogP contribution is 2.40. The lowest BCUT2D eigenvalue weighted by Gasteiger charge is -2.49. The van der Waals surface area contributed by atoms with Crippen LogP contribution < -0.4 is 16.0 Å². The Morgan fingerprint density at radius 2 is 1.48 bits per heavy atom. The van der Waals surface area contributed by atoms with E-state index in [1.807, 2.05) is 37.3 Å². The lowest BCUT2D eigenvalue weighted by atomic mass is 9.75. The number of carboxylic acid groups (broad SMARTS) is 1. The molecule has 2 saturated carbocycles. The largest absolute Gasteiger partial charge is 0.479 e. The number of aliphatic hydroxyl groups is 5. The van der Waals surface area contributed by atoms with Crippen LogP contribution in [-0.4, -0.2) is 186 Å². The predicted molar refractivity (Wildman–Crippen MR) is 249 cm³/mol. The first kappa shape index (κ1) is 58.0. The summed E-state index contributed by atoms with van der Waals surface area (Å²) in [5, 5.41) is 72.5. The van der Waals surface area contributed by atoms with Gasteiger partial charge in [-0.3, -0.25) is 19.2 Å². The van der Waals surface area contributed by atoms with Crippen molar-refractivity contribution in [2.75, 3.05) is 46.1 Å². The Morgan fingerprint density at radius 1 is 0.789 bits per heavy atom. The molecule has 9 N–H and O–H groups in total. The molecule has 71 heavy (non-hydrogen) atoms. The van der Waals surface area contributed by atoms with Gasteiger partial charge in [-0.25, -0.2) is 4.79 Å². The third-order valence-electron chi connectivity index (χ3n) is 13.6. The molecule has 2 heterocycles. The second-order valence-corrected chi connectivity index (χ2v) is 18.9. The molecule has 2 aliphatic carbocycles. The molecule has 0 bridgehead atoms. The molecule has 0 aromatic heterocycles. The summed E-state index contributed by atoms with van der Waals surface area (Å²) >= 11 is 0. The highest BCUT2D eigenvalue weighted by molar-refractivity contribution is 5.79. The Kier molecular flexibility index (Phi) is 24.3. The minimum atomic E-state index is -1.68. The first-order valence-corrected chi connectivity index (χ1v) is 25.1. The van der Waals surface area contributed by atoms with Gasteiger partial charge in [0.05, 0.1) is 57.8 Å². The Morgan fingerprint density at radius 3 is 2.14 bits per heavy atom. The van der Waals surface area contributed by atoms with Gasteiger partial charge in [-0.05, 0) is 43.6 Å². The van der Waals surface area contributed by atoms with Gasteiger partial charge in [0, 0.05) is 32.4 Å². The van der Waals surface area contributed by atoms with Gasteiger partial charge in [-0.1, -0.05) is 75.8 Å². The van der Waals surface area contributed by atoms with Crippen LogP contribution in [0.1, 0.15) is 97.0 Å². The molecule has 1 aromatic carbocycles. The quantitative estimate of drug-likeness (QED) is 0.0420. The molecule has 0 radical (unpaired) electrons. The van der Waals surface area contributed by atoms with Crippen LogP contribution in [0.15, 0.2) is 30.3 Å². The van der Waals surface area contributed by atoms with E-state index in [9.17, 15) is 54.6 Å². The number of carbonyl (C=O) groups is 5. The fraction of sp³-hybridized carbons (Fsp3) is 0.776. The molecular weight excluding hydrogens is 935 g/mol. The average Bonchev–Trinajstić information content (AvgIpc) is 3.36. The number of aliphatic hydroxyl groups excluding tert-OH is 5. The Hall–Kier alpha value is -3.91. The lowest BCUT2D eigenvalue weighted by molar-refractivity contribution is -0.338. The number of amides is 3. The van der Waals surface area contributed by atoms with Crippen LogP contribution in [0.25, 0.3) is 0 Å². The SMILES string of the molecule is CC[C@@H]1CC(C(=O)NCCNC(=O)CCOCCOCCC(=O)OCc2ccccc2)C[C@@H](O[C@@H]2OC(CO)[C@H](O)C(O[C@@H](CC3CCCCC3)C(=O)O)C2NC(C)=O)C1O[C@@H]1OC(C)[C@@H](O)C(O)C1O. The van der Waals surface area contributed by atoms with Gasteiger partial charge in [-0.15, -0.1) is 0 Å². The number of carboxylic acids is 1. The second-order valence-electron chi connectivity index (χ2n) is 18.9. The van der Waals surface area contributed by atoms with Crippen LogP contribution in [0.5, 0.6) is 0 Å². The normalized spacial score (nSPS) is 31.8. The van der Waals surface area contributed by atoms with E-state index in [0.29, 0.717) is 6.42 Å². The molecule has 2 saturated heterocycles. The van der Waals surface area contributed by atoms with Crippen molar-refractivity contribution in [1.29, 1.82) is 0 Å². The fourth-order valence-electron chi connectivity index (χ4n) is 9.65. The summed E-state index contributed by atoms with van der Waals surface area (Å²) in [5.74, 6) is -4.04. The fourth-order valence-corrected chi connectivity index (χ4v) is 9.65. The highest BCUT2D eigenvalue weighted by Gasteiger charge is 2.53.